The molecule has 8 heteroatoms. The van der Waals surface area contributed by atoms with Crippen LogP contribution in [0.3, 0.4) is 0 Å². The monoisotopic (exact) mass is 332 g/mol. The van der Waals surface area contributed by atoms with Crippen molar-refractivity contribution in [3.05, 3.63) is 24.3 Å². The van der Waals surface area contributed by atoms with Crippen molar-refractivity contribution in [2.24, 2.45) is 0 Å². The van der Waals surface area contributed by atoms with Crippen molar-refractivity contribution in [1.29, 1.82) is 0 Å². The number of benzene rings is 1. The number of aromatic nitrogens is 2. The first-order valence-electron chi connectivity index (χ1n) is 7.85. The fraction of sp³-hybridized carbons (Fsp3) is 0.438. The van der Waals surface area contributed by atoms with Crippen molar-refractivity contribution in [2.75, 3.05) is 45.3 Å². The van der Waals surface area contributed by atoms with Crippen LogP contribution in [0.2, 0.25) is 0 Å². The maximum absolute atomic E-state index is 12.7. The number of methoxy groups -OCH3 is 1. The summed E-state index contributed by atoms with van der Waals surface area (Å²) in [6.07, 6.45) is -0.330. The van der Waals surface area contributed by atoms with Gasteiger partial charge in [0.25, 0.3) is 0 Å². The maximum Gasteiger partial charge on any atom is 0.413 e. The van der Waals surface area contributed by atoms with Crippen molar-refractivity contribution in [1.82, 2.24) is 14.5 Å². The normalized spacial score (nSPS) is 15.4. The lowest BCUT2D eigenvalue weighted by Gasteiger charge is -2.26. The van der Waals surface area contributed by atoms with Crippen LogP contribution in [0.15, 0.2) is 24.3 Å². The molecule has 1 aliphatic heterocycles. The molecule has 0 unspecified atom stereocenters. The predicted molar refractivity (Wildman–Crippen MR) is 88.3 cm³/mol. The van der Waals surface area contributed by atoms with Crippen LogP contribution in [0.5, 0.6) is 0 Å². The molecule has 24 heavy (non-hydrogen) atoms. The van der Waals surface area contributed by atoms with Gasteiger partial charge in [0.05, 0.1) is 31.4 Å². The summed E-state index contributed by atoms with van der Waals surface area (Å²) in [5, 5.41) is 2.50. The lowest BCUT2D eigenvalue weighted by atomic mass is 10.3. The number of ether oxygens (including phenoxy) is 2. The molecular weight excluding hydrogens is 312 g/mol. The van der Waals surface area contributed by atoms with E-state index in [9.17, 15) is 9.59 Å². The van der Waals surface area contributed by atoms with E-state index in [1.165, 1.54) is 11.7 Å². The van der Waals surface area contributed by atoms with Gasteiger partial charge in [-0.2, -0.15) is 0 Å². The van der Waals surface area contributed by atoms with Gasteiger partial charge in [-0.3, -0.25) is 15.0 Å². The Morgan fingerprint density at radius 3 is 2.79 bits per heavy atom. The van der Waals surface area contributed by atoms with E-state index >= 15 is 0 Å². The zero-order chi connectivity index (χ0) is 16.9. The Balaban J connectivity index is 1.81. The molecule has 0 aliphatic carbocycles. The Morgan fingerprint density at radius 2 is 2.04 bits per heavy atom. The number of morpholine rings is 1. The summed E-state index contributed by atoms with van der Waals surface area (Å²) in [4.78, 5) is 30.7. The highest BCUT2D eigenvalue weighted by atomic mass is 16.5. The average molecular weight is 332 g/mol. The van der Waals surface area contributed by atoms with E-state index in [1.54, 1.807) is 12.1 Å². The van der Waals surface area contributed by atoms with Gasteiger partial charge in [0.15, 0.2) is 0 Å². The third-order valence-electron chi connectivity index (χ3n) is 3.96. The summed E-state index contributed by atoms with van der Waals surface area (Å²) >= 11 is 0. The fourth-order valence-corrected chi connectivity index (χ4v) is 2.69. The number of nitrogens with one attached hydrogen (secondary N) is 1. The third-order valence-corrected chi connectivity index (χ3v) is 3.96. The van der Waals surface area contributed by atoms with E-state index < -0.39 is 6.09 Å². The zero-order valence-electron chi connectivity index (χ0n) is 13.5. The summed E-state index contributed by atoms with van der Waals surface area (Å²) in [6, 6.07) is 7.26. The second kappa shape index (κ2) is 7.41. The molecule has 0 spiro atoms. The van der Waals surface area contributed by atoms with Gasteiger partial charge >= 0.3 is 6.09 Å². The number of carbonyl (C=O) groups excluding carboxylic acids is 2. The summed E-state index contributed by atoms with van der Waals surface area (Å²) in [7, 11) is 1.27. The molecule has 8 nitrogen and oxygen atoms in total. The summed E-state index contributed by atoms with van der Waals surface area (Å²) in [5.74, 6) is 0.0524. The topological polar surface area (TPSA) is 85.7 Å². The number of anilines is 1. The molecule has 1 amide bonds. The van der Waals surface area contributed by atoms with Gasteiger partial charge < -0.3 is 9.47 Å². The van der Waals surface area contributed by atoms with Crippen LogP contribution in [0, 0.1) is 0 Å². The molecular formula is C16H20N4O4. The lowest BCUT2D eigenvalue weighted by molar-refractivity contribution is 0.0364. The van der Waals surface area contributed by atoms with Crippen LogP contribution < -0.4 is 5.32 Å². The van der Waals surface area contributed by atoms with E-state index in [2.05, 4.69) is 19.9 Å². The van der Waals surface area contributed by atoms with Gasteiger partial charge in [-0.15, -0.1) is 0 Å². The average Bonchev–Trinajstić information content (AvgIpc) is 2.98. The first-order chi connectivity index (χ1) is 11.7. The van der Waals surface area contributed by atoms with E-state index in [4.69, 9.17) is 4.74 Å². The van der Waals surface area contributed by atoms with E-state index in [-0.39, 0.29) is 11.9 Å². The number of fused-ring (bicyclic) bond motifs is 1. The molecule has 1 aromatic heterocycles. The fourth-order valence-electron chi connectivity index (χ4n) is 2.69. The second-order valence-corrected chi connectivity index (χ2v) is 5.47. The summed E-state index contributed by atoms with van der Waals surface area (Å²) in [5.41, 5.74) is 1.31. The highest BCUT2D eigenvalue weighted by Crippen LogP contribution is 2.20. The number of hydrogen-bond acceptors (Lipinski definition) is 6. The van der Waals surface area contributed by atoms with Crippen LogP contribution in [-0.4, -0.2) is 66.4 Å². The molecule has 3 rings (SSSR count). The molecule has 0 saturated carbocycles. The molecule has 1 N–H and O–H groups in total. The largest absolute Gasteiger partial charge is 0.453 e. The standard InChI is InChI=1S/C16H20N4O4/c1-23-16(22)18-15-17-12-4-2-3-5-13(12)20(15)14(21)6-7-19-8-10-24-11-9-19/h2-5H,6-11H2,1H3,(H,17,18,22). The highest BCUT2D eigenvalue weighted by molar-refractivity contribution is 5.96. The van der Waals surface area contributed by atoms with Crippen molar-refractivity contribution < 1.29 is 19.1 Å². The maximum atomic E-state index is 12.7. The van der Waals surface area contributed by atoms with Crippen molar-refractivity contribution in [3.63, 3.8) is 0 Å². The second-order valence-electron chi connectivity index (χ2n) is 5.47. The Kier molecular flexibility index (Phi) is 5.07. The van der Waals surface area contributed by atoms with Crippen LogP contribution in [0.1, 0.15) is 11.2 Å². The molecule has 2 aromatic rings. The van der Waals surface area contributed by atoms with Crippen molar-refractivity contribution in [2.45, 2.75) is 6.42 Å². The van der Waals surface area contributed by atoms with E-state index in [1.807, 2.05) is 12.1 Å². The first-order valence-corrected chi connectivity index (χ1v) is 7.85. The number of imidazole rings is 1. The lowest BCUT2D eigenvalue weighted by Crippen LogP contribution is -2.38. The number of nitrogens with zero attached hydrogens (tertiary/aromatic N) is 3. The molecule has 0 atom stereocenters. The number of hydrogen-bond donors (Lipinski definition) is 1. The molecule has 1 aromatic carbocycles. The minimum absolute atomic E-state index is 0.124. The van der Waals surface area contributed by atoms with Crippen molar-refractivity contribution >= 4 is 29.0 Å². The smallest absolute Gasteiger partial charge is 0.413 e. The van der Waals surface area contributed by atoms with Gasteiger partial charge in [0, 0.05) is 26.1 Å². The Bertz CT molecular complexity index is 737. The summed E-state index contributed by atoms with van der Waals surface area (Å²) in [6.45, 7) is 3.68. The van der Waals surface area contributed by atoms with Crippen molar-refractivity contribution in [3.8, 4) is 0 Å². The SMILES string of the molecule is COC(=O)Nc1nc2ccccc2n1C(=O)CCN1CCOCC1. The van der Waals surface area contributed by atoms with Crippen LogP contribution in [0.25, 0.3) is 11.0 Å². The van der Waals surface area contributed by atoms with Gasteiger partial charge in [-0.1, -0.05) is 12.1 Å². The highest BCUT2D eigenvalue weighted by Gasteiger charge is 2.20. The molecule has 1 fully saturated rings. The van der Waals surface area contributed by atoms with Gasteiger partial charge in [-0.05, 0) is 12.1 Å². The number of amides is 1. The Labute approximate surface area is 139 Å². The van der Waals surface area contributed by atoms with E-state index in [0.29, 0.717) is 37.2 Å². The number of rotatable bonds is 4. The minimum Gasteiger partial charge on any atom is -0.453 e. The zero-order valence-corrected chi connectivity index (χ0v) is 13.5. The number of para-hydroxylation sites is 2. The molecule has 1 aliphatic rings. The molecule has 128 valence electrons. The Morgan fingerprint density at radius 1 is 1.29 bits per heavy atom. The number of carbonyl (C=O) groups is 2. The van der Waals surface area contributed by atoms with Gasteiger partial charge in [0.2, 0.25) is 11.9 Å². The van der Waals surface area contributed by atoms with Crippen LogP contribution >= 0.6 is 0 Å². The van der Waals surface area contributed by atoms with Crippen LogP contribution in [-0.2, 0) is 9.47 Å². The molecule has 0 radical (unpaired) electrons. The first kappa shape index (κ1) is 16.4. The molecule has 1 saturated heterocycles. The quantitative estimate of drug-likeness (QED) is 0.915. The molecule has 0 bridgehead atoms. The van der Waals surface area contributed by atoms with E-state index in [0.717, 1.165) is 13.1 Å². The predicted octanol–water partition coefficient (Wildman–Crippen LogP) is 1.58. The minimum atomic E-state index is -0.660. The van der Waals surface area contributed by atoms with Gasteiger partial charge in [0.1, 0.15) is 0 Å². The third kappa shape index (κ3) is 3.55. The summed E-state index contributed by atoms with van der Waals surface area (Å²) < 4.78 is 11.3. The molecule has 2 heterocycles. The van der Waals surface area contributed by atoms with Gasteiger partial charge in [-0.25, -0.2) is 14.3 Å². The Hall–Kier alpha value is -2.45. The van der Waals surface area contributed by atoms with Crippen LogP contribution in [0.4, 0.5) is 10.7 Å².